The molecule has 2 nitrogen and oxygen atoms in total. The molecule has 1 atom stereocenters. The standard InChI is InChI=1S/C18H22FNO/c1-13(2)14-7-9-15(10-8-14)18(21)12-20(3)17-6-4-5-16(19)11-17/h4-11,13,18,21H,12H2,1-3H3. The molecular weight excluding hydrogens is 265 g/mol. The van der Waals surface area contributed by atoms with Crippen molar-refractivity contribution in [3.8, 4) is 0 Å². The molecule has 2 aromatic rings. The lowest BCUT2D eigenvalue weighted by Crippen LogP contribution is -2.24. The molecule has 0 aliphatic heterocycles. The van der Waals surface area contributed by atoms with Crippen molar-refractivity contribution in [3.05, 3.63) is 65.5 Å². The van der Waals surface area contributed by atoms with Crippen LogP contribution >= 0.6 is 0 Å². The second-order valence-corrected chi connectivity index (χ2v) is 5.70. The molecule has 0 saturated heterocycles. The Labute approximate surface area is 125 Å². The highest BCUT2D eigenvalue weighted by molar-refractivity contribution is 5.46. The second kappa shape index (κ2) is 6.72. The summed E-state index contributed by atoms with van der Waals surface area (Å²) >= 11 is 0. The van der Waals surface area contributed by atoms with Gasteiger partial charge in [0.2, 0.25) is 0 Å². The van der Waals surface area contributed by atoms with Gasteiger partial charge in [-0.3, -0.25) is 0 Å². The molecule has 1 unspecified atom stereocenters. The molecule has 21 heavy (non-hydrogen) atoms. The van der Waals surface area contributed by atoms with Crippen molar-refractivity contribution < 1.29 is 9.50 Å². The summed E-state index contributed by atoms with van der Waals surface area (Å²) in [6.07, 6.45) is -0.598. The summed E-state index contributed by atoms with van der Waals surface area (Å²) in [5.41, 5.74) is 2.89. The van der Waals surface area contributed by atoms with Crippen LogP contribution in [-0.2, 0) is 0 Å². The third-order valence-corrected chi connectivity index (χ3v) is 3.68. The Morgan fingerprint density at radius 2 is 1.67 bits per heavy atom. The number of aliphatic hydroxyl groups excluding tert-OH is 1. The Bertz CT molecular complexity index is 580. The highest BCUT2D eigenvalue weighted by Gasteiger charge is 2.12. The van der Waals surface area contributed by atoms with Crippen LogP contribution < -0.4 is 4.90 Å². The molecular formula is C18H22FNO. The van der Waals surface area contributed by atoms with Crippen molar-refractivity contribution in [2.75, 3.05) is 18.5 Å². The molecule has 0 amide bonds. The average molecular weight is 287 g/mol. The molecule has 2 rings (SSSR count). The van der Waals surface area contributed by atoms with Crippen LogP contribution in [0, 0.1) is 5.82 Å². The van der Waals surface area contributed by atoms with Gasteiger partial charge in [0.25, 0.3) is 0 Å². The number of rotatable bonds is 5. The van der Waals surface area contributed by atoms with Gasteiger partial charge >= 0.3 is 0 Å². The fourth-order valence-corrected chi connectivity index (χ4v) is 2.29. The Balaban J connectivity index is 2.05. The molecule has 3 heteroatoms. The van der Waals surface area contributed by atoms with E-state index < -0.39 is 6.10 Å². The summed E-state index contributed by atoms with van der Waals surface area (Å²) in [5.74, 6) is 0.210. The molecule has 2 aromatic carbocycles. The van der Waals surface area contributed by atoms with Crippen molar-refractivity contribution in [2.45, 2.75) is 25.9 Å². The van der Waals surface area contributed by atoms with E-state index in [1.807, 2.05) is 42.3 Å². The minimum absolute atomic E-state index is 0.268. The lowest BCUT2D eigenvalue weighted by atomic mass is 10.00. The fraction of sp³-hybridized carbons (Fsp3) is 0.333. The number of likely N-dealkylation sites (N-methyl/N-ethyl adjacent to an activating group) is 1. The minimum Gasteiger partial charge on any atom is -0.387 e. The largest absolute Gasteiger partial charge is 0.387 e. The molecule has 0 aliphatic carbocycles. The maximum absolute atomic E-state index is 13.2. The molecule has 0 aliphatic rings. The van der Waals surface area contributed by atoms with E-state index in [4.69, 9.17) is 0 Å². The third-order valence-electron chi connectivity index (χ3n) is 3.68. The molecule has 0 fully saturated rings. The van der Waals surface area contributed by atoms with E-state index in [0.29, 0.717) is 12.5 Å². The van der Waals surface area contributed by atoms with E-state index in [1.54, 1.807) is 6.07 Å². The average Bonchev–Trinajstić information content (AvgIpc) is 2.47. The zero-order chi connectivity index (χ0) is 15.4. The van der Waals surface area contributed by atoms with Gasteiger partial charge in [0.05, 0.1) is 6.10 Å². The van der Waals surface area contributed by atoms with Gasteiger partial charge in [-0.05, 0) is 35.2 Å². The third kappa shape index (κ3) is 4.05. The van der Waals surface area contributed by atoms with Gasteiger partial charge in [0.15, 0.2) is 0 Å². The maximum atomic E-state index is 13.2. The van der Waals surface area contributed by atoms with Crippen molar-refractivity contribution in [1.29, 1.82) is 0 Å². The van der Waals surface area contributed by atoms with Crippen LogP contribution in [0.25, 0.3) is 0 Å². The number of halogens is 1. The number of hydrogen-bond acceptors (Lipinski definition) is 2. The SMILES string of the molecule is CC(C)c1ccc(C(O)CN(C)c2cccc(F)c2)cc1. The number of benzene rings is 2. The van der Waals surface area contributed by atoms with Gasteiger partial charge in [-0.25, -0.2) is 4.39 Å². The molecule has 1 N–H and O–H groups in total. The molecule has 0 saturated carbocycles. The summed E-state index contributed by atoms with van der Waals surface area (Å²) in [7, 11) is 1.85. The van der Waals surface area contributed by atoms with Gasteiger partial charge in [0, 0.05) is 19.3 Å². The zero-order valence-corrected chi connectivity index (χ0v) is 12.8. The Morgan fingerprint density at radius 1 is 1.05 bits per heavy atom. The van der Waals surface area contributed by atoms with Crippen molar-refractivity contribution in [2.24, 2.45) is 0 Å². The maximum Gasteiger partial charge on any atom is 0.125 e. The van der Waals surface area contributed by atoms with Crippen LogP contribution in [0.4, 0.5) is 10.1 Å². The number of hydrogen-bond donors (Lipinski definition) is 1. The van der Waals surface area contributed by atoms with Crippen LogP contribution in [0.2, 0.25) is 0 Å². The summed E-state index contributed by atoms with van der Waals surface area (Å²) < 4.78 is 13.2. The van der Waals surface area contributed by atoms with Crippen LogP contribution in [0.3, 0.4) is 0 Å². The van der Waals surface area contributed by atoms with Gasteiger partial charge in [-0.15, -0.1) is 0 Å². The van der Waals surface area contributed by atoms with E-state index in [-0.39, 0.29) is 5.82 Å². The fourth-order valence-electron chi connectivity index (χ4n) is 2.29. The Kier molecular flexibility index (Phi) is 4.97. The van der Waals surface area contributed by atoms with Crippen molar-refractivity contribution in [3.63, 3.8) is 0 Å². The van der Waals surface area contributed by atoms with Gasteiger partial charge in [-0.1, -0.05) is 44.2 Å². The predicted molar refractivity (Wildman–Crippen MR) is 85.2 cm³/mol. The highest BCUT2D eigenvalue weighted by atomic mass is 19.1. The van der Waals surface area contributed by atoms with E-state index in [2.05, 4.69) is 13.8 Å². The molecule has 0 aromatic heterocycles. The van der Waals surface area contributed by atoms with Crippen molar-refractivity contribution in [1.82, 2.24) is 0 Å². The Hall–Kier alpha value is -1.87. The molecule has 0 spiro atoms. The highest BCUT2D eigenvalue weighted by Crippen LogP contribution is 2.21. The van der Waals surface area contributed by atoms with Gasteiger partial charge < -0.3 is 10.0 Å². The van der Waals surface area contributed by atoms with E-state index in [1.165, 1.54) is 17.7 Å². The lowest BCUT2D eigenvalue weighted by molar-refractivity contribution is 0.185. The minimum atomic E-state index is -0.598. The molecule has 112 valence electrons. The van der Waals surface area contributed by atoms with E-state index in [9.17, 15) is 9.50 Å². The smallest absolute Gasteiger partial charge is 0.125 e. The van der Waals surface area contributed by atoms with E-state index >= 15 is 0 Å². The molecule has 0 heterocycles. The summed E-state index contributed by atoms with van der Waals surface area (Å²) in [6, 6.07) is 14.4. The normalized spacial score (nSPS) is 12.5. The summed E-state index contributed by atoms with van der Waals surface area (Å²) in [6.45, 7) is 4.71. The van der Waals surface area contributed by atoms with E-state index in [0.717, 1.165) is 11.3 Å². The first-order valence-electron chi connectivity index (χ1n) is 7.22. The zero-order valence-electron chi connectivity index (χ0n) is 12.8. The second-order valence-electron chi connectivity index (χ2n) is 5.70. The quantitative estimate of drug-likeness (QED) is 0.894. The van der Waals surface area contributed by atoms with Crippen LogP contribution in [0.5, 0.6) is 0 Å². The number of aliphatic hydroxyl groups is 1. The lowest BCUT2D eigenvalue weighted by Gasteiger charge is -2.23. The number of nitrogens with zero attached hydrogens (tertiary/aromatic N) is 1. The first-order valence-corrected chi connectivity index (χ1v) is 7.22. The topological polar surface area (TPSA) is 23.5 Å². The first kappa shape index (κ1) is 15.5. The summed E-state index contributed by atoms with van der Waals surface area (Å²) in [4.78, 5) is 1.85. The van der Waals surface area contributed by atoms with Crippen LogP contribution in [0.15, 0.2) is 48.5 Å². The predicted octanol–water partition coefficient (Wildman–Crippen LogP) is 4.12. The molecule has 0 bridgehead atoms. The Morgan fingerprint density at radius 3 is 2.24 bits per heavy atom. The summed E-state index contributed by atoms with van der Waals surface area (Å²) in [5, 5.41) is 10.3. The van der Waals surface area contributed by atoms with Gasteiger partial charge in [0.1, 0.15) is 5.82 Å². The van der Waals surface area contributed by atoms with Crippen LogP contribution in [0.1, 0.15) is 37.0 Å². The number of anilines is 1. The monoisotopic (exact) mass is 287 g/mol. The first-order chi connectivity index (χ1) is 9.97. The van der Waals surface area contributed by atoms with Crippen molar-refractivity contribution >= 4 is 5.69 Å². The molecule has 0 radical (unpaired) electrons. The van der Waals surface area contributed by atoms with Gasteiger partial charge in [-0.2, -0.15) is 0 Å². The van der Waals surface area contributed by atoms with Crippen LogP contribution in [-0.4, -0.2) is 18.7 Å².